The predicted octanol–water partition coefficient (Wildman–Crippen LogP) is 1.90. The van der Waals surface area contributed by atoms with Crippen LogP contribution in [0.3, 0.4) is 0 Å². The quantitative estimate of drug-likeness (QED) is 0.821. The van der Waals surface area contributed by atoms with Gasteiger partial charge < -0.3 is 4.90 Å². The lowest BCUT2D eigenvalue weighted by molar-refractivity contribution is 0.346. The topological polar surface area (TPSA) is 34.0 Å². The normalized spacial score (nSPS) is 29.0. The van der Waals surface area contributed by atoms with Crippen LogP contribution in [0.25, 0.3) is 11.3 Å². The van der Waals surface area contributed by atoms with Gasteiger partial charge in [-0.15, -0.1) is 0 Å². The molecule has 3 atom stereocenters. The van der Waals surface area contributed by atoms with Gasteiger partial charge in [0, 0.05) is 44.0 Å². The van der Waals surface area contributed by atoms with Crippen molar-refractivity contribution in [1.82, 2.24) is 19.7 Å². The van der Waals surface area contributed by atoms with E-state index >= 15 is 0 Å². The molecule has 4 heterocycles. The summed E-state index contributed by atoms with van der Waals surface area (Å²) in [5, 5.41) is 4.19. The first-order valence-corrected chi connectivity index (χ1v) is 6.97. The van der Waals surface area contributed by atoms with Crippen molar-refractivity contribution in [3.8, 4) is 11.3 Å². The average Bonchev–Trinajstić information content (AvgIpc) is 3.14. The molecule has 3 unspecified atom stereocenters. The van der Waals surface area contributed by atoms with E-state index < -0.39 is 0 Å². The summed E-state index contributed by atoms with van der Waals surface area (Å²) in [7, 11) is 1.93. The van der Waals surface area contributed by atoms with Gasteiger partial charge >= 0.3 is 0 Å². The van der Waals surface area contributed by atoms with Gasteiger partial charge in [0.25, 0.3) is 0 Å². The molecule has 98 valence electrons. The first kappa shape index (κ1) is 11.2. The monoisotopic (exact) mass is 254 g/mol. The number of rotatable bonds is 2. The Labute approximate surface area is 113 Å². The van der Waals surface area contributed by atoms with Gasteiger partial charge in [-0.05, 0) is 30.5 Å². The van der Waals surface area contributed by atoms with Gasteiger partial charge in [-0.1, -0.05) is 6.07 Å². The maximum absolute atomic E-state index is 4.62. The average molecular weight is 254 g/mol. The van der Waals surface area contributed by atoms with Gasteiger partial charge in [0.1, 0.15) is 0 Å². The summed E-state index contributed by atoms with van der Waals surface area (Å²) in [5.74, 6) is 1.55. The van der Waals surface area contributed by atoms with E-state index in [2.05, 4.69) is 33.3 Å². The summed E-state index contributed by atoms with van der Waals surface area (Å²) < 4.78 is 1.81. The van der Waals surface area contributed by atoms with Crippen molar-refractivity contribution in [3.05, 3.63) is 36.3 Å². The van der Waals surface area contributed by atoms with Crippen LogP contribution >= 0.6 is 0 Å². The minimum atomic E-state index is 0.698. The molecule has 2 aliphatic heterocycles. The molecule has 0 saturated carbocycles. The highest BCUT2D eigenvalue weighted by Crippen LogP contribution is 2.39. The number of piperidine rings is 1. The Hall–Kier alpha value is -1.68. The highest BCUT2D eigenvalue weighted by Gasteiger charge is 2.38. The van der Waals surface area contributed by atoms with Crippen LogP contribution in [0.5, 0.6) is 0 Å². The number of aromatic nitrogens is 3. The molecule has 2 fully saturated rings. The van der Waals surface area contributed by atoms with Crippen LogP contribution in [-0.2, 0) is 7.05 Å². The summed E-state index contributed by atoms with van der Waals surface area (Å²) in [6.45, 7) is 3.80. The third-order valence-corrected chi connectivity index (χ3v) is 4.55. The number of hydrogen-bond donors (Lipinski definition) is 0. The fourth-order valence-corrected chi connectivity index (χ4v) is 3.51. The molecule has 2 aliphatic rings. The SMILES string of the molecule is Cn1cc(-c2ccc(C3CN4CCC3C4)cn2)cn1. The molecule has 2 bridgehead atoms. The molecular formula is C15H18N4. The number of nitrogens with zero attached hydrogens (tertiary/aromatic N) is 4. The first-order valence-electron chi connectivity index (χ1n) is 6.97. The standard InChI is InChI=1S/C15H18N4/c1-18-8-13(7-17-18)15-3-2-11(6-16-15)14-10-19-5-4-12(14)9-19/h2-3,6-8,12,14H,4-5,9-10H2,1H3. The van der Waals surface area contributed by atoms with Crippen LogP contribution in [0.1, 0.15) is 17.9 Å². The first-order chi connectivity index (χ1) is 9.29. The fourth-order valence-electron chi connectivity index (χ4n) is 3.51. The molecule has 19 heavy (non-hydrogen) atoms. The zero-order valence-electron chi connectivity index (χ0n) is 11.2. The van der Waals surface area contributed by atoms with Crippen molar-refractivity contribution in [2.75, 3.05) is 19.6 Å². The highest BCUT2D eigenvalue weighted by atomic mass is 15.2. The molecule has 0 aromatic carbocycles. The Kier molecular flexibility index (Phi) is 2.45. The maximum atomic E-state index is 4.62. The summed E-state index contributed by atoms with van der Waals surface area (Å²) in [5.41, 5.74) is 3.51. The smallest absolute Gasteiger partial charge is 0.0733 e. The molecule has 0 N–H and O–H groups in total. The molecule has 4 rings (SSSR count). The molecule has 0 radical (unpaired) electrons. The zero-order valence-corrected chi connectivity index (χ0v) is 11.2. The van der Waals surface area contributed by atoms with Gasteiger partial charge in [-0.25, -0.2) is 0 Å². The molecule has 0 spiro atoms. The van der Waals surface area contributed by atoms with Gasteiger partial charge in [0.05, 0.1) is 11.9 Å². The molecule has 4 heteroatoms. The lowest BCUT2D eigenvalue weighted by Crippen LogP contribution is -2.22. The minimum absolute atomic E-state index is 0.698. The zero-order chi connectivity index (χ0) is 12.8. The Morgan fingerprint density at radius 1 is 1.21 bits per heavy atom. The second-order valence-electron chi connectivity index (χ2n) is 5.79. The van der Waals surface area contributed by atoms with E-state index in [1.807, 2.05) is 24.1 Å². The Balaban J connectivity index is 1.59. The lowest BCUT2D eigenvalue weighted by atomic mass is 9.87. The second kappa shape index (κ2) is 4.17. The van der Waals surface area contributed by atoms with E-state index in [0.717, 1.165) is 17.2 Å². The Morgan fingerprint density at radius 2 is 2.16 bits per heavy atom. The van der Waals surface area contributed by atoms with Gasteiger partial charge in [0.2, 0.25) is 0 Å². The Bertz CT molecular complexity index is 586. The highest BCUT2D eigenvalue weighted by molar-refractivity contribution is 5.56. The molecule has 2 saturated heterocycles. The molecule has 0 amide bonds. The van der Waals surface area contributed by atoms with Crippen LogP contribution < -0.4 is 0 Å². The van der Waals surface area contributed by atoms with E-state index in [-0.39, 0.29) is 0 Å². The van der Waals surface area contributed by atoms with E-state index in [9.17, 15) is 0 Å². The van der Waals surface area contributed by atoms with Crippen molar-refractivity contribution >= 4 is 0 Å². The third-order valence-electron chi connectivity index (χ3n) is 4.55. The summed E-state index contributed by atoms with van der Waals surface area (Å²) in [6.07, 6.45) is 7.29. The third kappa shape index (κ3) is 1.87. The Morgan fingerprint density at radius 3 is 2.74 bits per heavy atom. The van der Waals surface area contributed by atoms with Crippen molar-refractivity contribution < 1.29 is 0 Å². The predicted molar refractivity (Wildman–Crippen MR) is 73.7 cm³/mol. The van der Waals surface area contributed by atoms with Crippen LogP contribution in [-0.4, -0.2) is 39.3 Å². The van der Waals surface area contributed by atoms with Crippen LogP contribution in [0.4, 0.5) is 0 Å². The van der Waals surface area contributed by atoms with Crippen LogP contribution in [0, 0.1) is 5.92 Å². The van der Waals surface area contributed by atoms with E-state index in [1.54, 1.807) is 0 Å². The van der Waals surface area contributed by atoms with Crippen molar-refractivity contribution in [3.63, 3.8) is 0 Å². The number of fused-ring (bicyclic) bond motifs is 2. The van der Waals surface area contributed by atoms with Crippen molar-refractivity contribution in [2.45, 2.75) is 12.3 Å². The fraction of sp³-hybridized carbons (Fsp3) is 0.467. The van der Waals surface area contributed by atoms with Crippen molar-refractivity contribution in [2.24, 2.45) is 13.0 Å². The molecule has 4 nitrogen and oxygen atoms in total. The molecule has 2 aromatic heterocycles. The summed E-state index contributed by atoms with van der Waals surface area (Å²) in [4.78, 5) is 7.19. The maximum Gasteiger partial charge on any atom is 0.0733 e. The summed E-state index contributed by atoms with van der Waals surface area (Å²) in [6, 6.07) is 4.38. The molecule has 2 aromatic rings. The number of pyridine rings is 1. The summed E-state index contributed by atoms with van der Waals surface area (Å²) >= 11 is 0. The van der Waals surface area contributed by atoms with Gasteiger partial charge in [-0.2, -0.15) is 5.10 Å². The largest absolute Gasteiger partial charge is 0.302 e. The van der Waals surface area contributed by atoms with Gasteiger partial charge in [0.15, 0.2) is 0 Å². The lowest BCUT2D eigenvalue weighted by Gasteiger charge is -2.22. The van der Waals surface area contributed by atoms with E-state index in [0.29, 0.717) is 5.92 Å². The van der Waals surface area contributed by atoms with Crippen LogP contribution in [0.15, 0.2) is 30.7 Å². The molecular weight excluding hydrogens is 236 g/mol. The van der Waals surface area contributed by atoms with Crippen molar-refractivity contribution in [1.29, 1.82) is 0 Å². The number of aryl methyl sites for hydroxylation is 1. The van der Waals surface area contributed by atoms with Gasteiger partial charge in [-0.3, -0.25) is 9.67 Å². The minimum Gasteiger partial charge on any atom is -0.302 e. The van der Waals surface area contributed by atoms with E-state index in [1.165, 1.54) is 31.6 Å². The van der Waals surface area contributed by atoms with Crippen LogP contribution in [0.2, 0.25) is 0 Å². The molecule has 0 aliphatic carbocycles. The second-order valence-corrected chi connectivity index (χ2v) is 5.79. The number of hydrogen-bond acceptors (Lipinski definition) is 3. The van der Waals surface area contributed by atoms with E-state index in [4.69, 9.17) is 0 Å².